The van der Waals surface area contributed by atoms with E-state index in [0.29, 0.717) is 0 Å². The van der Waals surface area contributed by atoms with Crippen molar-refractivity contribution in [3.8, 4) is 11.3 Å². The molecule has 3 N–H and O–H groups in total. The lowest BCUT2D eigenvalue weighted by Gasteiger charge is -2.07. The van der Waals surface area contributed by atoms with Gasteiger partial charge in [-0.2, -0.15) is 0 Å². The Hall–Kier alpha value is -2.59. The maximum absolute atomic E-state index is 14.0. The van der Waals surface area contributed by atoms with Crippen LogP contribution in [0.4, 0.5) is 4.39 Å². The SMILES string of the molecule is C=C1NCCc2c(-c3cccc(CNC)c3)[nH]c3cc(F)cc1c23. The van der Waals surface area contributed by atoms with Gasteiger partial charge < -0.3 is 15.6 Å². The number of hydrogen-bond acceptors (Lipinski definition) is 2. The number of nitrogens with one attached hydrogen (secondary N) is 3. The van der Waals surface area contributed by atoms with Gasteiger partial charge in [0.2, 0.25) is 0 Å². The Labute approximate surface area is 140 Å². The molecule has 2 aromatic carbocycles. The molecule has 0 bridgehead atoms. The molecule has 3 nitrogen and oxygen atoms in total. The quantitative estimate of drug-likeness (QED) is 0.686. The van der Waals surface area contributed by atoms with E-state index in [1.54, 1.807) is 12.1 Å². The molecule has 0 saturated heterocycles. The van der Waals surface area contributed by atoms with Crippen LogP contribution in [-0.2, 0) is 13.0 Å². The van der Waals surface area contributed by atoms with E-state index in [-0.39, 0.29) is 5.82 Å². The van der Waals surface area contributed by atoms with Gasteiger partial charge in [0.05, 0.1) is 0 Å². The topological polar surface area (TPSA) is 39.8 Å². The molecule has 1 aliphatic heterocycles. The van der Waals surface area contributed by atoms with Gasteiger partial charge >= 0.3 is 0 Å². The second-order valence-corrected chi connectivity index (χ2v) is 6.24. The lowest BCUT2D eigenvalue weighted by molar-refractivity contribution is 0.629. The largest absolute Gasteiger partial charge is 0.385 e. The van der Waals surface area contributed by atoms with E-state index < -0.39 is 0 Å². The van der Waals surface area contributed by atoms with Crippen LogP contribution in [0.3, 0.4) is 0 Å². The fourth-order valence-electron chi connectivity index (χ4n) is 3.57. The van der Waals surface area contributed by atoms with E-state index >= 15 is 0 Å². The number of benzene rings is 2. The first kappa shape index (κ1) is 15.0. The maximum Gasteiger partial charge on any atom is 0.125 e. The third kappa shape index (κ3) is 2.39. The van der Waals surface area contributed by atoms with Crippen LogP contribution in [0.25, 0.3) is 27.9 Å². The van der Waals surface area contributed by atoms with Crippen LogP contribution < -0.4 is 10.6 Å². The summed E-state index contributed by atoms with van der Waals surface area (Å²) >= 11 is 0. The van der Waals surface area contributed by atoms with Gasteiger partial charge in [-0.25, -0.2) is 4.39 Å². The van der Waals surface area contributed by atoms with Gasteiger partial charge in [0, 0.05) is 40.9 Å². The highest BCUT2D eigenvalue weighted by Crippen LogP contribution is 2.36. The first-order chi connectivity index (χ1) is 11.7. The molecule has 0 spiro atoms. The molecule has 3 aromatic rings. The van der Waals surface area contributed by atoms with Crippen molar-refractivity contribution in [1.82, 2.24) is 15.6 Å². The van der Waals surface area contributed by atoms with E-state index in [4.69, 9.17) is 0 Å². The summed E-state index contributed by atoms with van der Waals surface area (Å²) in [7, 11) is 1.94. The number of rotatable bonds is 3. The van der Waals surface area contributed by atoms with Gasteiger partial charge in [-0.3, -0.25) is 0 Å². The van der Waals surface area contributed by atoms with Gasteiger partial charge in [-0.1, -0.05) is 24.8 Å². The molecule has 0 saturated carbocycles. The third-order valence-electron chi connectivity index (χ3n) is 4.60. The monoisotopic (exact) mass is 321 g/mol. The molecule has 122 valence electrons. The Balaban J connectivity index is 1.97. The molecule has 4 heteroatoms. The fraction of sp³-hybridized carbons (Fsp3) is 0.200. The summed E-state index contributed by atoms with van der Waals surface area (Å²) in [6.07, 6.45) is 0.878. The second kappa shape index (κ2) is 5.80. The summed E-state index contributed by atoms with van der Waals surface area (Å²) in [5.74, 6) is -0.245. The minimum Gasteiger partial charge on any atom is -0.385 e. The molecule has 1 aliphatic rings. The van der Waals surface area contributed by atoms with Crippen molar-refractivity contribution in [2.24, 2.45) is 0 Å². The van der Waals surface area contributed by atoms with E-state index in [2.05, 4.69) is 46.5 Å². The summed E-state index contributed by atoms with van der Waals surface area (Å²) in [5.41, 5.74) is 7.13. The van der Waals surface area contributed by atoms with Crippen LogP contribution in [0.5, 0.6) is 0 Å². The highest BCUT2D eigenvalue weighted by atomic mass is 19.1. The van der Waals surface area contributed by atoms with Gasteiger partial charge in [0.1, 0.15) is 5.82 Å². The standard InChI is InChI=1S/C20H20FN3/c1-12-17-9-15(21)10-18-19(17)16(6-7-23-12)20(24-18)14-5-3-4-13(8-14)11-22-2/h3-5,8-10,22-24H,1,6-7,11H2,2H3. The normalized spacial score (nSPS) is 13.8. The van der Waals surface area contributed by atoms with Crippen LogP contribution in [0.2, 0.25) is 0 Å². The summed E-state index contributed by atoms with van der Waals surface area (Å²) in [5, 5.41) is 7.55. The molecular formula is C20H20FN3. The molecule has 4 rings (SSSR count). The average Bonchev–Trinajstić information content (AvgIpc) is 2.84. The Morgan fingerprint density at radius 1 is 1.25 bits per heavy atom. The predicted molar refractivity (Wildman–Crippen MR) is 97.2 cm³/mol. The molecule has 0 unspecified atom stereocenters. The van der Waals surface area contributed by atoms with Crippen LogP contribution >= 0.6 is 0 Å². The minimum absolute atomic E-state index is 0.245. The molecular weight excluding hydrogens is 301 g/mol. The average molecular weight is 321 g/mol. The first-order valence-electron chi connectivity index (χ1n) is 8.18. The van der Waals surface area contributed by atoms with Crippen molar-refractivity contribution >= 4 is 16.6 Å². The molecule has 24 heavy (non-hydrogen) atoms. The summed E-state index contributed by atoms with van der Waals surface area (Å²) in [4.78, 5) is 3.44. The molecule has 0 fully saturated rings. The Morgan fingerprint density at radius 3 is 2.96 bits per heavy atom. The van der Waals surface area contributed by atoms with Crippen molar-refractivity contribution in [2.75, 3.05) is 13.6 Å². The van der Waals surface area contributed by atoms with Crippen LogP contribution in [0, 0.1) is 5.82 Å². The zero-order valence-corrected chi connectivity index (χ0v) is 13.7. The number of H-pyrrole nitrogens is 1. The van der Waals surface area contributed by atoms with Crippen molar-refractivity contribution in [3.05, 3.63) is 65.5 Å². The van der Waals surface area contributed by atoms with E-state index in [9.17, 15) is 4.39 Å². The van der Waals surface area contributed by atoms with E-state index in [1.165, 1.54) is 11.1 Å². The molecule has 1 aromatic heterocycles. The summed E-state index contributed by atoms with van der Waals surface area (Å²) < 4.78 is 14.0. The molecule has 0 atom stereocenters. The Kier molecular flexibility index (Phi) is 3.62. The molecule has 0 aliphatic carbocycles. The zero-order valence-electron chi connectivity index (χ0n) is 13.7. The maximum atomic E-state index is 14.0. The third-order valence-corrected chi connectivity index (χ3v) is 4.60. The minimum atomic E-state index is -0.245. The Morgan fingerprint density at radius 2 is 2.12 bits per heavy atom. The van der Waals surface area contributed by atoms with Crippen molar-refractivity contribution in [2.45, 2.75) is 13.0 Å². The number of halogens is 1. The van der Waals surface area contributed by atoms with E-state index in [1.807, 2.05) is 7.05 Å². The van der Waals surface area contributed by atoms with Crippen LogP contribution in [0.15, 0.2) is 43.0 Å². The van der Waals surface area contributed by atoms with Gasteiger partial charge in [0.15, 0.2) is 0 Å². The summed E-state index contributed by atoms with van der Waals surface area (Å²) in [6.45, 7) is 5.68. The van der Waals surface area contributed by atoms with Crippen molar-refractivity contribution in [3.63, 3.8) is 0 Å². The highest BCUT2D eigenvalue weighted by Gasteiger charge is 2.21. The van der Waals surface area contributed by atoms with Crippen molar-refractivity contribution in [1.29, 1.82) is 0 Å². The Bertz CT molecular complexity index is 939. The van der Waals surface area contributed by atoms with Gasteiger partial charge in [-0.05, 0) is 48.4 Å². The molecule has 0 radical (unpaired) electrons. The van der Waals surface area contributed by atoms with Crippen LogP contribution in [0.1, 0.15) is 16.7 Å². The molecule has 0 amide bonds. The predicted octanol–water partition coefficient (Wildman–Crippen LogP) is 3.81. The number of hydrogen-bond donors (Lipinski definition) is 3. The zero-order chi connectivity index (χ0) is 16.7. The molecule has 2 heterocycles. The highest BCUT2D eigenvalue weighted by molar-refractivity contribution is 5.99. The first-order valence-corrected chi connectivity index (χ1v) is 8.18. The smallest absolute Gasteiger partial charge is 0.125 e. The van der Waals surface area contributed by atoms with E-state index in [0.717, 1.165) is 52.9 Å². The van der Waals surface area contributed by atoms with Crippen LogP contribution in [-0.4, -0.2) is 18.6 Å². The fourth-order valence-corrected chi connectivity index (χ4v) is 3.57. The van der Waals surface area contributed by atoms with Crippen molar-refractivity contribution < 1.29 is 4.39 Å². The number of aromatic nitrogens is 1. The second-order valence-electron chi connectivity index (χ2n) is 6.24. The lowest BCUT2D eigenvalue weighted by atomic mass is 9.99. The lowest BCUT2D eigenvalue weighted by Crippen LogP contribution is -2.12. The van der Waals surface area contributed by atoms with Gasteiger partial charge in [0.25, 0.3) is 0 Å². The number of aromatic amines is 1. The van der Waals surface area contributed by atoms with Gasteiger partial charge in [-0.15, -0.1) is 0 Å². The summed E-state index contributed by atoms with van der Waals surface area (Å²) in [6, 6.07) is 11.6.